The number of fused-ring (bicyclic) bond motifs is 1. The van der Waals surface area contributed by atoms with Crippen molar-refractivity contribution in [3.8, 4) is 0 Å². The third-order valence-corrected chi connectivity index (χ3v) is 6.69. The fraction of sp³-hybridized carbons (Fsp3) is 0.812. The molecule has 2 fully saturated rings. The standard InChI is InChI=1S/C16H24INO5/c1-15(22)11(7-8-19)13(21)18-14(17)23-9-16(15,18)12(20)10-5-3-2-4-6-10/h3,5,10-12,14,19-20,22H,2,4,6-9H2,1H3/t10-,11+,12+,14+,15+,16-/m1/s1. The minimum absolute atomic E-state index is 0.104. The average molecular weight is 437 g/mol. The Morgan fingerprint density at radius 2 is 2.30 bits per heavy atom. The van der Waals surface area contributed by atoms with Gasteiger partial charge >= 0.3 is 0 Å². The number of amides is 1. The van der Waals surface area contributed by atoms with Crippen molar-refractivity contribution in [2.24, 2.45) is 11.8 Å². The molecule has 3 rings (SSSR count). The minimum atomic E-state index is -1.46. The van der Waals surface area contributed by atoms with Gasteiger partial charge in [-0.25, -0.2) is 0 Å². The summed E-state index contributed by atoms with van der Waals surface area (Å²) in [5, 5.41) is 31.7. The quantitative estimate of drug-likeness (QED) is 0.262. The summed E-state index contributed by atoms with van der Waals surface area (Å²) >= 11 is 2.01. The number of carbonyl (C=O) groups excluding carboxylic acids is 1. The van der Waals surface area contributed by atoms with E-state index in [9.17, 15) is 20.1 Å². The number of carbonyl (C=O) groups is 1. The highest BCUT2D eigenvalue weighted by Crippen LogP contribution is 2.53. The van der Waals surface area contributed by atoms with Gasteiger partial charge in [0.25, 0.3) is 0 Å². The molecule has 3 N–H and O–H groups in total. The van der Waals surface area contributed by atoms with E-state index in [0.29, 0.717) is 0 Å². The molecule has 2 saturated heterocycles. The Labute approximate surface area is 149 Å². The summed E-state index contributed by atoms with van der Waals surface area (Å²) in [7, 11) is 0. The van der Waals surface area contributed by atoms with Crippen LogP contribution in [0.5, 0.6) is 0 Å². The first-order valence-corrected chi connectivity index (χ1v) is 9.39. The van der Waals surface area contributed by atoms with E-state index in [1.54, 1.807) is 6.92 Å². The van der Waals surface area contributed by atoms with E-state index in [1.807, 2.05) is 34.7 Å². The average Bonchev–Trinajstić information content (AvgIpc) is 2.97. The fourth-order valence-electron chi connectivity index (χ4n) is 4.43. The summed E-state index contributed by atoms with van der Waals surface area (Å²) in [4.78, 5) is 14.4. The van der Waals surface area contributed by atoms with Crippen molar-refractivity contribution < 1.29 is 24.9 Å². The first kappa shape index (κ1) is 17.6. The summed E-state index contributed by atoms with van der Waals surface area (Å²) < 4.78 is 5.14. The molecule has 0 radical (unpaired) electrons. The molecule has 0 unspecified atom stereocenters. The largest absolute Gasteiger partial charge is 0.396 e. The van der Waals surface area contributed by atoms with Gasteiger partial charge in [0.05, 0.1) is 18.6 Å². The summed E-state index contributed by atoms with van der Waals surface area (Å²) in [5.41, 5.74) is -2.63. The molecule has 0 aromatic carbocycles. The van der Waals surface area contributed by atoms with Gasteiger partial charge in [0.2, 0.25) is 5.91 Å². The maximum absolute atomic E-state index is 12.8. The van der Waals surface area contributed by atoms with Crippen molar-refractivity contribution in [3.63, 3.8) is 0 Å². The van der Waals surface area contributed by atoms with Crippen LogP contribution in [0.1, 0.15) is 32.6 Å². The molecule has 0 bridgehead atoms. The second-order valence-corrected chi connectivity index (χ2v) is 7.98. The molecule has 3 aliphatic rings. The molecule has 7 heteroatoms. The van der Waals surface area contributed by atoms with Crippen LogP contribution in [-0.2, 0) is 9.53 Å². The monoisotopic (exact) mass is 437 g/mol. The van der Waals surface area contributed by atoms with Gasteiger partial charge in [-0.15, -0.1) is 0 Å². The number of hydrogen-bond donors (Lipinski definition) is 3. The number of allylic oxidation sites excluding steroid dienone is 1. The fourth-order valence-corrected chi connectivity index (χ4v) is 5.39. The Kier molecular flexibility index (Phi) is 4.78. The van der Waals surface area contributed by atoms with Crippen molar-refractivity contribution >= 4 is 28.5 Å². The van der Waals surface area contributed by atoms with Crippen LogP contribution in [-0.4, -0.2) is 60.8 Å². The zero-order valence-corrected chi connectivity index (χ0v) is 15.3. The van der Waals surface area contributed by atoms with Crippen LogP contribution < -0.4 is 0 Å². The van der Waals surface area contributed by atoms with Crippen LogP contribution in [0.4, 0.5) is 0 Å². The number of aliphatic hydroxyl groups is 3. The highest BCUT2D eigenvalue weighted by atomic mass is 127. The molecule has 0 saturated carbocycles. The zero-order chi connectivity index (χ0) is 16.8. The van der Waals surface area contributed by atoms with E-state index in [0.717, 1.165) is 19.3 Å². The van der Waals surface area contributed by atoms with E-state index in [4.69, 9.17) is 4.74 Å². The molecule has 2 heterocycles. The Bertz CT molecular complexity index is 511. The van der Waals surface area contributed by atoms with Crippen molar-refractivity contribution in [1.29, 1.82) is 0 Å². The number of rotatable bonds is 4. The second kappa shape index (κ2) is 6.25. The molecule has 6 nitrogen and oxygen atoms in total. The van der Waals surface area contributed by atoms with Crippen LogP contribution in [0.25, 0.3) is 0 Å². The number of hydrogen-bond acceptors (Lipinski definition) is 5. The van der Waals surface area contributed by atoms with Crippen LogP contribution in [0, 0.1) is 11.8 Å². The predicted molar refractivity (Wildman–Crippen MR) is 91.6 cm³/mol. The lowest BCUT2D eigenvalue weighted by Gasteiger charge is -2.46. The van der Waals surface area contributed by atoms with Gasteiger partial charge in [-0.2, -0.15) is 0 Å². The lowest BCUT2D eigenvalue weighted by atomic mass is 9.68. The lowest BCUT2D eigenvalue weighted by molar-refractivity contribution is -0.137. The number of nitrogens with zero attached hydrogens (tertiary/aromatic N) is 1. The number of ether oxygens (including phenoxy) is 1. The van der Waals surface area contributed by atoms with Gasteiger partial charge in [-0.3, -0.25) is 9.69 Å². The third kappa shape index (κ3) is 2.38. The van der Waals surface area contributed by atoms with Gasteiger partial charge < -0.3 is 20.1 Å². The van der Waals surface area contributed by atoms with Crippen molar-refractivity contribution in [1.82, 2.24) is 4.90 Å². The molecule has 0 spiro atoms. The SMILES string of the molecule is C[C@]1(O)[C@@H](CCO)C(=O)N2[C@H](I)OC[C@]21[C@@H](O)[C@@H]1C=CCCC1. The Hall–Kier alpha value is -0.220. The predicted octanol–water partition coefficient (Wildman–Crippen LogP) is 0.783. The maximum Gasteiger partial charge on any atom is 0.232 e. The number of alkyl halides is 1. The van der Waals surface area contributed by atoms with Crippen LogP contribution in [0.15, 0.2) is 12.2 Å². The molecule has 130 valence electrons. The van der Waals surface area contributed by atoms with Gasteiger partial charge in [-0.1, -0.05) is 12.2 Å². The molecular formula is C16H24INO5. The van der Waals surface area contributed by atoms with E-state index in [2.05, 4.69) is 0 Å². The van der Waals surface area contributed by atoms with E-state index < -0.39 is 27.4 Å². The van der Waals surface area contributed by atoms with Gasteiger partial charge in [-0.05, 0) is 55.2 Å². The van der Waals surface area contributed by atoms with Crippen LogP contribution in [0.2, 0.25) is 0 Å². The topological polar surface area (TPSA) is 90.2 Å². The molecule has 2 aliphatic heterocycles. The highest BCUT2D eigenvalue weighted by Gasteiger charge is 2.72. The molecule has 0 aromatic heterocycles. The first-order chi connectivity index (χ1) is 10.9. The number of aliphatic hydroxyl groups excluding tert-OH is 2. The zero-order valence-electron chi connectivity index (χ0n) is 13.2. The summed E-state index contributed by atoms with van der Waals surface area (Å²) in [6.45, 7) is 1.52. The van der Waals surface area contributed by atoms with E-state index >= 15 is 0 Å². The Morgan fingerprint density at radius 3 is 2.91 bits per heavy atom. The summed E-state index contributed by atoms with van der Waals surface area (Å²) in [5.74, 6) is -1.08. The van der Waals surface area contributed by atoms with Crippen molar-refractivity contribution in [2.45, 2.75) is 54.1 Å². The number of halogens is 1. The van der Waals surface area contributed by atoms with Crippen molar-refractivity contribution in [2.75, 3.05) is 13.2 Å². The molecular weight excluding hydrogens is 413 g/mol. The molecule has 23 heavy (non-hydrogen) atoms. The second-order valence-electron chi connectivity index (χ2n) is 6.92. The van der Waals surface area contributed by atoms with E-state index in [1.165, 1.54) is 4.90 Å². The first-order valence-electron chi connectivity index (χ1n) is 8.14. The molecule has 1 aliphatic carbocycles. The van der Waals surface area contributed by atoms with Crippen molar-refractivity contribution in [3.05, 3.63) is 12.2 Å². The smallest absolute Gasteiger partial charge is 0.232 e. The lowest BCUT2D eigenvalue weighted by Crippen LogP contribution is -2.66. The minimum Gasteiger partial charge on any atom is -0.396 e. The van der Waals surface area contributed by atoms with Gasteiger partial charge in [0.15, 0.2) is 4.23 Å². The van der Waals surface area contributed by atoms with Crippen LogP contribution in [0.3, 0.4) is 0 Å². The van der Waals surface area contributed by atoms with Gasteiger partial charge in [0.1, 0.15) is 11.1 Å². The molecule has 1 amide bonds. The normalized spacial score (nSPS) is 44.7. The summed E-state index contributed by atoms with van der Waals surface area (Å²) in [6, 6.07) is 0. The highest BCUT2D eigenvalue weighted by molar-refractivity contribution is 14.1. The van der Waals surface area contributed by atoms with E-state index in [-0.39, 0.29) is 31.5 Å². The third-order valence-electron chi connectivity index (χ3n) is 5.77. The Balaban J connectivity index is 2.03. The Morgan fingerprint density at radius 1 is 1.57 bits per heavy atom. The summed E-state index contributed by atoms with van der Waals surface area (Å²) in [6.07, 6.45) is 6.12. The van der Waals surface area contributed by atoms with Crippen LogP contribution >= 0.6 is 22.6 Å². The van der Waals surface area contributed by atoms with Gasteiger partial charge in [0, 0.05) is 12.5 Å². The molecule has 6 atom stereocenters. The molecule has 0 aromatic rings. The maximum atomic E-state index is 12.8.